The van der Waals surface area contributed by atoms with Crippen LogP contribution in [0.4, 0.5) is 0 Å². The first-order valence-corrected chi connectivity index (χ1v) is 9.18. The first kappa shape index (κ1) is 17.5. The summed E-state index contributed by atoms with van der Waals surface area (Å²) in [5.74, 6) is 1.85. The molecule has 0 saturated carbocycles. The molecule has 0 spiro atoms. The van der Waals surface area contributed by atoms with Crippen LogP contribution in [-0.4, -0.2) is 34.0 Å². The van der Waals surface area contributed by atoms with Crippen molar-refractivity contribution in [3.05, 3.63) is 60.4 Å². The number of amides is 1. The minimum Gasteiger partial charge on any atom is -0.468 e. The molecule has 2 aromatic heterocycles. The minimum atomic E-state index is -0.0368. The zero-order valence-electron chi connectivity index (χ0n) is 15.0. The first-order valence-electron chi connectivity index (χ1n) is 9.18. The van der Waals surface area contributed by atoms with Crippen LogP contribution in [0, 0.1) is 5.92 Å². The number of hydrogen-bond acceptors (Lipinski definition) is 6. The van der Waals surface area contributed by atoms with Crippen LogP contribution in [0.5, 0.6) is 0 Å². The zero-order chi connectivity index (χ0) is 18.5. The lowest BCUT2D eigenvalue weighted by molar-refractivity contribution is -0.127. The molecule has 0 bridgehead atoms. The Morgan fingerprint density at radius 1 is 1.22 bits per heavy atom. The number of aromatic nitrogens is 2. The van der Waals surface area contributed by atoms with Gasteiger partial charge >= 0.3 is 0 Å². The van der Waals surface area contributed by atoms with Gasteiger partial charge in [0, 0.05) is 12.1 Å². The SMILES string of the molecule is O=C(NCc1nc(-c2ccccc2)no1)C1CCCN(Cc2ccco2)C1. The minimum absolute atomic E-state index is 0.0265. The van der Waals surface area contributed by atoms with Crippen LogP contribution < -0.4 is 5.32 Å². The van der Waals surface area contributed by atoms with Crippen molar-refractivity contribution in [1.29, 1.82) is 0 Å². The fourth-order valence-corrected chi connectivity index (χ4v) is 3.37. The van der Waals surface area contributed by atoms with Crippen molar-refractivity contribution in [2.45, 2.75) is 25.9 Å². The van der Waals surface area contributed by atoms with Crippen LogP contribution in [0.3, 0.4) is 0 Å². The molecule has 1 amide bonds. The lowest BCUT2D eigenvalue weighted by Crippen LogP contribution is -2.42. The van der Waals surface area contributed by atoms with Crippen molar-refractivity contribution in [3.8, 4) is 11.4 Å². The molecule has 1 atom stereocenters. The second kappa shape index (κ2) is 8.18. The van der Waals surface area contributed by atoms with Crippen molar-refractivity contribution in [1.82, 2.24) is 20.4 Å². The highest BCUT2D eigenvalue weighted by Gasteiger charge is 2.26. The third kappa shape index (κ3) is 4.43. The Morgan fingerprint density at radius 3 is 2.93 bits per heavy atom. The summed E-state index contributed by atoms with van der Waals surface area (Å²) in [7, 11) is 0. The van der Waals surface area contributed by atoms with E-state index in [2.05, 4.69) is 20.4 Å². The van der Waals surface area contributed by atoms with Crippen LogP contribution >= 0.6 is 0 Å². The predicted molar refractivity (Wildman–Crippen MR) is 98.3 cm³/mol. The summed E-state index contributed by atoms with van der Waals surface area (Å²) in [6.45, 7) is 2.69. The lowest BCUT2D eigenvalue weighted by Gasteiger charge is -2.31. The molecule has 1 saturated heterocycles. The van der Waals surface area contributed by atoms with Crippen LogP contribution in [0.2, 0.25) is 0 Å². The normalized spacial score (nSPS) is 17.7. The number of piperidine rings is 1. The van der Waals surface area contributed by atoms with Crippen molar-refractivity contribution in [2.24, 2.45) is 5.92 Å². The second-order valence-corrected chi connectivity index (χ2v) is 6.75. The van der Waals surface area contributed by atoms with Gasteiger partial charge in [0.2, 0.25) is 17.6 Å². The molecule has 0 aliphatic carbocycles. The largest absolute Gasteiger partial charge is 0.468 e. The maximum Gasteiger partial charge on any atom is 0.246 e. The number of rotatable bonds is 6. The molecule has 140 valence electrons. The van der Waals surface area contributed by atoms with Gasteiger partial charge < -0.3 is 14.3 Å². The predicted octanol–water partition coefficient (Wildman–Crippen LogP) is 2.86. The van der Waals surface area contributed by atoms with Gasteiger partial charge in [0.25, 0.3) is 0 Å². The highest BCUT2D eigenvalue weighted by Crippen LogP contribution is 2.19. The van der Waals surface area contributed by atoms with Gasteiger partial charge in [-0.15, -0.1) is 0 Å². The summed E-state index contributed by atoms with van der Waals surface area (Å²) >= 11 is 0. The van der Waals surface area contributed by atoms with E-state index in [1.54, 1.807) is 6.26 Å². The number of carbonyl (C=O) groups excluding carboxylic acids is 1. The molecule has 0 radical (unpaired) electrons. The molecule has 1 fully saturated rings. The number of furan rings is 1. The molecule has 1 unspecified atom stereocenters. The van der Waals surface area contributed by atoms with Gasteiger partial charge in [0.05, 0.1) is 25.3 Å². The number of carbonyl (C=O) groups is 1. The van der Waals surface area contributed by atoms with E-state index in [4.69, 9.17) is 8.94 Å². The van der Waals surface area contributed by atoms with Gasteiger partial charge in [-0.1, -0.05) is 35.5 Å². The maximum atomic E-state index is 12.5. The lowest BCUT2D eigenvalue weighted by atomic mass is 9.97. The molecule has 1 aliphatic rings. The molecular formula is C20H22N4O3. The smallest absolute Gasteiger partial charge is 0.246 e. The molecule has 1 N–H and O–H groups in total. The highest BCUT2D eigenvalue weighted by molar-refractivity contribution is 5.78. The van der Waals surface area contributed by atoms with Crippen molar-refractivity contribution in [3.63, 3.8) is 0 Å². The van der Waals surface area contributed by atoms with E-state index in [0.29, 0.717) is 11.7 Å². The molecule has 1 aliphatic heterocycles. The number of hydrogen-bond donors (Lipinski definition) is 1. The summed E-state index contributed by atoms with van der Waals surface area (Å²) in [5, 5.41) is 6.90. The average Bonchev–Trinajstić information content (AvgIpc) is 3.39. The molecule has 3 heterocycles. The van der Waals surface area contributed by atoms with E-state index < -0.39 is 0 Å². The molecule has 3 aromatic rings. The molecule has 1 aromatic carbocycles. The first-order chi connectivity index (χ1) is 13.3. The van der Waals surface area contributed by atoms with E-state index >= 15 is 0 Å². The average molecular weight is 366 g/mol. The summed E-state index contributed by atoms with van der Waals surface area (Å²) in [6.07, 6.45) is 3.56. The number of likely N-dealkylation sites (tertiary alicyclic amines) is 1. The van der Waals surface area contributed by atoms with Crippen LogP contribution in [0.25, 0.3) is 11.4 Å². The van der Waals surface area contributed by atoms with Gasteiger partial charge in [-0.3, -0.25) is 9.69 Å². The maximum absolute atomic E-state index is 12.5. The van der Waals surface area contributed by atoms with E-state index in [1.807, 2.05) is 42.5 Å². The Morgan fingerprint density at radius 2 is 2.11 bits per heavy atom. The summed E-state index contributed by atoms with van der Waals surface area (Å²) in [6, 6.07) is 13.5. The Hall–Kier alpha value is -2.93. The number of nitrogens with zero attached hydrogens (tertiary/aromatic N) is 3. The topological polar surface area (TPSA) is 84.4 Å². The van der Waals surface area contributed by atoms with Gasteiger partial charge in [0.15, 0.2) is 0 Å². The van der Waals surface area contributed by atoms with E-state index in [9.17, 15) is 4.79 Å². The van der Waals surface area contributed by atoms with Gasteiger partial charge in [-0.25, -0.2) is 0 Å². The summed E-state index contributed by atoms with van der Waals surface area (Å²) < 4.78 is 10.7. The van der Waals surface area contributed by atoms with Crippen molar-refractivity contribution >= 4 is 5.91 Å². The third-order valence-corrected chi connectivity index (χ3v) is 4.75. The van der Waals surface area contributed by atoms with E-state index in [1.165, 1.54) is 0 Å². The van der Waals surface area contributed by atoms with E-state index in [-0.39, 0.29) is 18.4 Å². The standard InChI is InChI=1S/C20H22N4O3/c25-20(16-8-4-10-24(13-16)14-17-9-5-11-26-17)21-12-18-22-19(23-27-18)15-6-2-1-3-7-15/h1-3,5-7,9,11,16H,4,8,10,12-14H2,(H,21,25). The fraction of sp³-hybridized carbons (Fsp3) is 0.350. The summed E-state index contributed by atoms with van der Waals surface area (Å²) in [5.41, 5.74) is 0.889. The second-order valence-electron chi connectivity index (χ2n) is 6.75. The number of nitrogens with one attached hydrogen (secondary N) is 1. The highest BCUT2D eigenvalue weighted by atomic mass is 16.5. The molecule has 4 rings (SSSR count). The number of benzene rings is 1. The third-order valence-electron chi connectivity index (χ3n) is 4.75. The fourth-order valence-electron chi connectivity index (χ4n) is 3.37. The van der Waals surface area contributed by atoms with Crippen LogP contribution in [0.1, 0.15) is 24.5 Å². The van der Waals surface area contributed by atoms with Gasteiger partial charge in [0.1, 0.15) is 5.76 Å². The molecule has 7 heteroatoms. The monoisotopic (exact) mass is 366 g/mol. The van der Waals surface area contributed by atoms with Crippen molar-refractivity contribution in [2.75, 3.05) is 13.1 Å². The summed E-state index contributed by atoms with van der Waals surface area (Å²) in [4.78, 5) is 19.1. The molecule has 7 nitrogen and oxygen atoms in total. The van der Waals surface area contributed by atoms with Gasteiger partial charge in [-0.05, 0) is 31.5 Å². The van der Waals surface area contributed by atoms with Crippen molar-refractivity contribution < 1.29 is 13.7 Å². The van der Waals surface area contributed by atoms with E-state index in [0.717, 1.165) is 43.8 Å². The Labute approximate surface area is 157 Å². The van der Waals surface area contributed by atoms with Crippen LogP contribution in [-0.2, 0) is 17.9 Å². The Bertz CT molecular complexity index is 861. The zero-order valence-corrected chi connectivity index (χ0v) is 15.0. The molecule has 27 heavy (non-hydrogen) atoms. The molecular weight excluding hydrogens is 344 g/mol. The van der Waals surface area contributed by atoms with Crippen LogP contribution in [0.15, 0.2) is 57.7 Å². The Kier molecular flexibility index (Phi) is 5.29. The van der Waals surface area contributed by atoms with Gasteiger partial charge in [-0.2, -0.15) is 4.98 Å². The Balaban J connectivity index is 1.29. The quantitative estimate of drug-likeness (QED) is 0.722.